The van der Waals surface area contributed by atoms with Crippen LogP contribution in [-0.4, -0.2) is 17.4 Å². The number of fused-ring (bicyclic) bond motifs is 1. The van der Waals surface area contributed by atoms with Crippen molar-refractivity contribution in [3.63, 3.8) is 0 Å². The molecular weight excluding hydrogens is 212 g/mol. The zero-order chi connectivity index (χ0) is 12.3. The lowest BCUT2D eigenvalue weighted by Gasteiger charge is -2.03. The van der Waals surface area contributed by atoms with Gasteiger partial charge in [-0.2, -0.15) is 0 Å². The number of aromatic amines is 1. The van der Waals surface area contributed by atoms with Gasteiger partial charge in [-0.25, -0.2) is 0 Å². The Morgan fingerprint density at radius 3 is 3.00 bits per heavy atom. The second-order valence-corrected chi connectivity index (χ2v) is 4.32. The van der Waals surface area contributed by atoms with Crippen molar-refractivity contribution in [2.75, 3.05) is 6.54 Å². The van der Waals surface area contributed by atoms with Crippen LogP contribution in [0.5, 0.6) is 0 Å². The van der Waals surface area contributed by atoms with Crippen LogP contribution in [0.25, 0.3) is 10.9 Å². The summed E-state index contributed by atoms with van der Waals surface area (Å²) in [6, 6.07) is 6.38. The van der Waals surface area contributed by atoms with Crippen molar-refractivity contribution in [1.82, 2.24) is 10.3 Å². The minimum absolute atomic E-state index is 0.112. The number of carbonyl (C=O) groups is 1. The van der Waals surface area contributed by atoms with Gasteiger partial charge in [0.1, 0.15) is 0 Å². The highest BCUT2D eigenvalue weighted by atomic mass is 16.1. The molecule has 1 heterocycles. The number of amides is 1. The summed E-state index contributed by atoms with van der Waals surface area (Å²) in [6.45, 7) is 4.66. The molecule has 1 amide bonds. The molecule has 90 valence electrons. The average Bonchev–Trinajstić information content (AvgIpc) is 2.72. The Labute approximate surface area is 101 Å². The Balaban J connectivity index is 2.08. The van der Waals surface area contributed by atoms with Crippen LogP contribution in [0.2, 0.25) is 0 Å². The molecule has 0 unspecified atom stereocenters. The van der Waals surface area contributed by atoms with Gasteiger partial charge in [0.25, 0.3) is 0 Å². The zero-order valence-electron chi connectivity index (χ0n) is 10.3. The average molecular weight is 230 g/mol. The summed E-state index contributed by atoms with van der Waals surface area (Å²) < 4.78 is 0. The van der Waals surface area contributed by atoms with Gasteiger partial charge in [0, 0.05) is 30.1 Å². The molecule has 0 fully saturated rings. The third-order valence-electron chi connectivity index (χ3n) is 2.96. The van der Waals surface area contributed by atoms with Crippen LogP contribution in [-0.2, 0) is 11.2 Å². The molecule has 3 nitrogen and oxygen atoms in total. The van der Waals surface area contributed by atoms with Gasteiger partial charge in [-0.3, -0.25) is 4.79 Å². The Morgan fingerprint density at radius 2 is 2.24 bits per heavy atom. The normalized spacial score (nSPS) is 10.7. The van der Waals surface area contributed by atoms with E-state index in [1.807, 2.05) is 13.1 Å². The fourth-order valence-corrected chi connectivity index (χ4v) is 1.96. The van der Waals surface area contributed by atoms with Gasteiger partial charge in [-0.15, -0.1) is 0 Å². The summed E-state index contributed by atoms with van der Waals surface area (Å²) in [4.78, 5) is 14.4. The van der Waals surface area contributed by atoms with E-state index in [2.05, 4.69) is 35.4 Å². The highest BCUT2D eigenvalue weighted by Gasteiger charge is 2.04. The van der Waals surface area contributed by atoms with Gasteiger partial charge in [0.05, 0.1) is 0 Å². The molecule has 0 aliphatic heterocycles. The van der Waals surface area contributed by atoms with E-state index in [0.29, 0.717) is 13.0 Å². The highest BCUT2D eigenvalue weighted by Crippen LogP contribution is 2.19. The number of carbonyl (C=O) groups excluding carboxylic acids is 1. The molecule has 1 aromatic carbocycles. The van der Waals surface area contributed by atoms with E-state index in [4.69, 9.17) is 0 Å². The maximum atomic E-state index is 11.1. The lowest BCUT2D eigenvalue weighted by Crippen LogP contribution is -2.24. The van der Waals surface area contributed by atoms with E-state index in [1.165, 1.54) is 16.5 Å². The number of aromatic nitrogens is 1. The molecule has 2 N–H and O–H groups in total. The first-order valence-corrected chi connectivity index (χ1v) is 6.04. The second-order valence-electron chi connectivity index (χ2n) is 4.32. The zero-order valence-corrected chi connectivity index (χ0v) is 10.3. The van der Waals surface area contributed by atoms with Gasteiger partial charge >= 0.3 is 0 Å². The van der Waals surface area contributed by atoms with E-state index >= 15 is 0 Å². The minimum Gasteiger partial charge on any atom is -0.361 e. The fraction of sp³-hybridized carbons (Fsp3) is 0.357. The molecule has 0 saturated heterocycles. The summed E-state index contributed by atoms with van der Waals surface area (Å²) in [6.07, 6.45) is 3.45. The smallest absolute Gasteiger partial charge is 0.219 e. The van der Waals surface area contributed by atoms with Crippen LogP contribution in [0.4, 0.5) is 0 Å². The predicted molar refractivity (Wildman–Crippen MR) is 70.0 cm³/mol. The Kier molecular flexibility index (Phi) is 3.47. The monoisotopic (exact) mass is 230 g/mol. The van der Waals surface area contributed by atoms with Crippen LogP contribution in [0.3, 0.4) is 0 Å². The number of nitrogens with one attached hydrogen (secondary N) is 2. The Bertz CT molecular complexity index is 528. The minimum atomic E-state index is 0.112. The van der Waals surface area contributed by atoms with Gasteiger partial charge in [0.2, 0.25) is 5.91 Å². The quantitative estimate of drug-likeness (QED) is 0.833. The lowest BCUT2D eigenvalue weighted by molar-refractivity contribution is -0.120. The number of hydrogen-bond donors (Lipinski definition) is 2. The van der Waals surface area contributed by atoms with E-state index < -0.39 is 0 Å². The molecule has 0 saturated carbocycles. The summed E-state index contributed by atoms with van der Waals surface area (Å²) in [5.74, 6) is 0.112. The van der Waals surface area contributed by atoms with E-state index in [9.17, 15) is 4.79 Å². The van der Waals surface area contributed by atoms with E-state index in [1.54, 1.807) is 0 Å². The molecule has 0 aliphatic rings. The van der Waals surface area contributed by atoms with Crippen molar-refractivity contribution >= 4 is 16.8 Å². The van der Waals surface area contributed by atoms with Crippen molar-refractivity contribution < 1.29 is 4.79 Å². The Morgan fingerprint density at radius 1 is 1.41 bits per heavy atom. The summed E-state index contributed by atoms with van der Waals surface area (Å²) in [5, 5.41) is 4.16. The van der Waals surface area contributed by atoms with Crippen molar-refractivity contribution in [2.24, 2.45) is 0 Å². The SMILES string of the molecule is CCC(=O)NCCc1c[nH]c2ccc(C)cc12. The van der Waals surface area contributed by atoms with Crippen molar-refractivity contribution in [3.05, 3.63) is 35.5 Å². The number of benzene rings is 1. The van der Waals surface area contributed by atoms with Crippen LogP contribution >= 0.6 is 0 Å². The number of rotatable bonds is 4. The van der Waals surface area contributed by atoms with E-state index in [0.717, 1.165) is 11.9 Å². The fourth-order valence-electron chi connectivity index (χ4n) is 1.96. The van der Waals surface area contributed by atoms with Gasteiger partial charge in [0.15, 0.2) is 0 Å². The van der Waals surface area contributed by atoms with Gasteiger partial charge in [-0.1, -0.05) is 18.6 Å². The summed E-state index contributed by atoms with van der Waals surface area (Å²) in [5.41, 5.74) is 3.68. The highest BCUT2D eigenvalue weighted by molar-refractivity contribution is 5.84. The number of H-pyrrole nitrogens is 1. The molecule has 3 heteroatoms. The third kappa shape index (κ3) is 2.67. The first-order valence-electron chi connectivity index (χ1n) is 6.04. The van der Waals surface area contributed by atoms with Crippen LogP contribution in [0.1, 0.15) is 24.5 Å². The molecule has 0 radical (unpaired) electrons. The molecule has 0 atom stereocenters. The lowest BCUT2D eigenvalue weighted by atomic mass is 10.1. The summed E-state index contributed by atoms with van der Waals surface area (Å²) in [7, 11) is 0. The molecule has 0 aliphatic carbocycles. The first kappa shape index (κ1) is 11.7. The van der Waals surface area contributed by atoms with Crippen molar-refractivity contribution in [3.8, 4) is 0 Å². The molecule has 0 spiro atoms. The van der Waals surface area contributed by atoms with Crippen molar-refractivity contribution in [1.29, 1.82) is 0 Å². The molecule has 1 aromatic heterocycles. The van der Waals surface area contributed by atoms with Crippen molar-refractivity contribution in [2.45, 2.75) is 26.7 Å². The number of hydrogen-bond acceptors (Lipinski definition) is 1. The summed E-state index contributed by atoms with van der Waals surface area (Å²) >= 11 is 0. The first-order chi connectivity index (χ1) is 8.20. The maximum absolute atomic E-state index is 11.1. The topological polar surface area (TPSA) is 44.9 Å². The van der Waals surface area contributed by atoms with Crippen LogP contribution in [0, 0.1) is 6.92 Å². The maximum Gasteiger partial charge on any atom is 0.219 e. The third-order valence-corrected chi connectivity index (χ3v) is 2.96. The molecule has 2 rings (SSSR count). The largest absolute Gasteiger partial charge is 0.361 e. The standard InChI is InChI=1S/C14H18N2O/c1-3-14(17)15-7-6-11-9-16-13-5-4-10(2)8-12(11)13/h4-5,8-9,16H,3,6-7H2,1-2H3,(H,15,17). The van der Waals surface area contributed by atoms with E-state index in [-0.39, 0.29) is 5.91 Å². The molecule has 0 bridgehead atoms. The predicted octanol–water partition coefficient (Wildman–Crippen LogP) is 2.55. The molecular formula is C14H18N2O. The number of aryl methyl sites for hydroxylation is 1. The van der Waals surface area contributed by atoms with Crippen LogP contribution < -0.4 is 5.32 Å². The second kappa shape index (κ2) is 5.04. The molecule has 17 heavy (non-hydrogen) atoms. The van der Waals surface area contributed by atoms with Crippen LogP contribution in [0.15, 0.2) is 24.4 Å². The van der Waals surface area contributed by atoms with Gasteiger partial charge in [-0.05, 0) is 31.0 Å². The van der Waals surface area contributed by atoms with Gasteiger partial charge < -0.3 is 10.3 Å². The molecule has 2 aromatic rings. The Hall–Kier alpha value is -1.77.